The van der Waals surface area contributed by atoms with Crippen molar-refractivity contribution in [3.05, 3.63) is 71.8 Å². The summed E-state index contributed by atoms with van der Waals surface area (Å²) >= 11 is 0. The summed E-state index contributed by atoms with van der Waals surface area (Å²) < 4.78 is 0. The quantitative estimate of drug-likeness (QED) is 0.409. The summed E-state index contributed by atoms with van der Waals surface area (Å²) in [6.45, 7) is 0. The summed E-state index contributed by atoms with van der Waals surface area (Å²) in [5.74, 6) is -1.58. The van der Waals surface area contributed by atoms with Crippen molar-refractivity contribution < 1.29 is 20.0 Å². The molecule has 6 nitrogen and oxygen atoms in total. The van der Waals surface area contributed by atoms with E-state index in [1.165, 1.54) is 0 Å². The summed E-state index contributed by atoms with van der Waals surface area (Å²) in [6, 6.07) is 16.0. The van der Waals surface area contributed by atoms with Crippen LogP contribution in [-0.4, -0.2) is 34.1 Å². The zero-order valence-corrected chi connectivity index (χ0v) is 13.1. The lowest BCUT2D eigenvalue weighted by Crippen LogP contribution is -2.48. The molecule has 0 radical (unpaired) electrons. The van der Waals surface area contributed by atoms with Gasteiger partial charge in [0.2, 0.25) is 11.6 Å². The van der Waals surface area contributed by atoms with Crippen molar-refractivity contribution in [3.8, 4) is 0 Å². The van der Waals surface area contributed by atoms with Gasteiger partial charge in [0.1, 0.15) is 12.1 Å². The fourth-order valence-corrected chi connectivity index (χ4v) is 2.44. The van der Waals surface area contributed by atoms with Gasteiger partial charge < -0.3 is 10.4 Å². The first-order valence-corrected chi connectivity index (χ1v) is 7.61. The molecule has 2 aromatic carbocycles. The van der Waals surface area contributed by atoms with Crippen LogP contribution >= 0.6 is 0 Å². The Morgan fingerprint density at radius 3 is 1.33 bits per heavy atom. The SMILES string of the molecule is O=C(C(=O)C(Cc1ccccc1)NO)C(Cc1ccccc1)NO. The first-order chi connectivity index (χ1) is 11.7. The molecule has 2 unspecified atom stereocenters. The molecule has 0 aliphatic heterocycles. The van der Waals surface area contributed by atoms with E-state index in [1.54, 1.807) is 24.3 Å². The fourth-order valence-electron chi connectivity index (χ4n) is 2.44. The van der Waals surface area contributed by atoms with E-state index in [0.717, 1.165) is 11.1 Å². The molecule has 2 rings (SSSR count). The Hall–Kier alpha value is -2.38. The van der Waals surface area contributed by atoms with Crippen LogP contribution in [-0.2, 0) is 22.4 Å². The van der Waals surface area contributed by atoms with Gasteiger partial charge >= 0.3 is 0 Å². The summed E-state index contributed by atoms with van der Waals surface area (Å²) in [5.41, 5.74) is 5.40. The number of hydroxylamine groups is 2. The molecule has 126 valence electrons. The fraction of sp³-hybridized carbons (Fsp3) is 0.222. The van der Waals surface area contributed by atoms with Gasteiger partial charge in [0.25, 0.3) is 0 Å². The Balaban J connectivity index is 2.05. The molecule has 0 amide bonds. The molecule has 0 saturated heterocycles. The molecule has 2 atom stereocenters. The molecular formula is C18H20N2O4. The molecule has 24 heavy (non-hydrogen) atoms. The van der Waals surface area contributed by atoms with Crippen molar-refractivity contribution in [1.29, 1.82) is 0 Å². The third-order valence-electron chi connectivity index (χ3n) is 3.75. The molecule has 0 spiro atoms. The van der Waals surface area contributed by atoms with E-state index in [-0.39, 0.29) is 12.8 Å². The summed E-state index contributed by atoms with van der Waals surface area (Å²) in [4.78, 5) is 24.7. The number of carbonyl (C=O) groups is 2. The minimum absolute atomic E-state index is 0.172. The van der Waals surface area contributed by atoms with Gasteiger partial charge in [-0.15, -0.1) is 0 Å². The molecule has 0 heterocycles. The Kier molecular flexibility index (Phi) is 6.77. The van der Waals surface area contributed by atoms with E-state index >= 15 is 0 Å². The second kappa shape index (κ2) is 9.05. The highest BCUT2D eigenvalue weighted by molar-refractivity contribution is 6.41. The highest BCUT2D eigenvalue weighted by Crippen LogP contribution is 2.08. The largest absolute Gasteiger partial charge is 0.316 e. The molecule has 0 aliphatic carbocycles. The van der Waals surface area contributed by atoms with Crippen LogP contribution < -0.4 is 11.0 Å². The monoisotopic (exact) mass is 328 g/mol. The number of ketones is 2. The Morgan fingerprint density at radius 2 is 1.04 bits per heavy atom. The average molecular weight is 328 g/mol. The third kappa shape index (κ3) is 4.81. The van der Waals surface area contributed by atoms with Gasteiger partial charge in [0.05, 0.1) is 0 Å². The molecule has 0 fully saturated rings. The zero-order chi connectivity index (χ0) is 17.4. The maximum Gasteiger partial charge on any atom is 0.219 e. The van der Waals surface area contributed by atoms with Crippen LogP contribution in [0.25, 0.3) is 0 Å². The van der Waals surface area contributed by atoms with Gasteiger partial charge in [0, 0.05) is 0 Å². The maximum atomic E-state index is 12.3. The number of rotatable bonds is 9. The molecule has 0 aromatic heterocycles. The predicted molar refractivity (Wildman–Crippen MR) is 87.7 cm³/mol. The number of hydrogen-bond donors (Lipinski definition) is 4. The first-order valence-electron chi connectivity index (χ1n) is 7.61. The highest BCUT2D eigenvalue weighted by atomic mass is 16.5. The molecular weight excluding hydrogens is 308 g/mol. The highest BCUT2D eigenvalue weighted by Gasteiger charge is 2.31. The van der Waals surface area contributed by atoms with Crippen LogP contribution in [0, 0.1) is 0 Å². The lowest BCUT2D eigenvalue weighted by atomic mass is 9.94. The van der Waals surface area contributed by atoms with Gasteiger partial charge in [-0.05, 0) is 24.0 Å². The predicted octanol–water partition coefficient (Wildman–Crippen LogP) is 1.30. The topological polar surface area (TPSA) is 98.7 Å². The number of hydrogen-bond acceptors (Lipinski definition) is 6. The third-order valence-corrected chi connectivity index (χ3v) is 3.75. The van der Waals surface area contributed by atoms with Gasteiger partial charge in [-0.1, -0.05) is 60.7 Å². The van der Waals surface area contributed by atoms with Gasteiger partial charge in [-0.2, -0.15) is 11.0 Å². The van der Waals surface area contributed by atoms with Crippen molar-refractivity contribution in [2.45, 2.75) is 24.9 Å². The van der Waals surface area contributed by atoms with E-state index in [0.29, 0.717) is 0 Å². The van der Waals surface area contributed by atoms with Crippen LogP contribution in [0.5, 0.6) is 0 Å². The Bertz CT molecular complexity index is 602. The number of benzene rings is 2. The van der Waals surface area contributed by atoms with Crippen molar-refractivity contribution in [2.24, 2.45) is 0 Å². The summed E-state index contributed by atoms with van der Waals surface area (Å²) in [5, 5.41) is 18.5. The second-order valence-electron chi connectivity index (χ2n) is 5.47. The van der Waals surface area contributed by atoms with E-state index in [2.05, 4.69) is 0 Å². The molecule has 4 N–H and O–H groups in total. The van der Waals surface area contributed by atoms with Crippen molar-refractivity contribution >= 4 is 11.6 Å². The van der Waals surface area contributed by atoms with E-state index in [4.69, 9.17) is 0 Å². The molecule has 0 saturated carbocycles. The smallest absolute Gasteiger partial charge is 0.219 e. The molecule has 0 aliphatic rings. The van der Waals surface area contributed by atoms with Crippen LogP contribution in [0.3, 0.4) is 0 Å². The minimum Gasteiger partial charge on any atom is -0.316 e. The van der Waals surface area contributed by atoms with Crippen molar-refractivity contribution in [3.63, 3.8) is 0 Å². The van der Waals surface area contributed by atoms with E-state index in [9.17, 15) is 20.0 Å². The molecule has 2 aromatic rings. The minimum atomic E-state index is -1.06. The molecule has 6 heteroatoms. The Morgan fingerprint density at radius 1 is 0.708 bits per heavy atom. The van der Waals surface area contributed by atoms with Crippen molar-refractivity contribution in [2.75, 3.05) is 0 Å². The lowest BCUT2D eigenvalue weighted by molar-refractivity contribution is -0.142. The lowest BCUT2D eigenvalue weighted by Gasteiger charge is -2.18. The standard InChI is InChI=1S/C18H20N2O4/c21-17(15(19-23)11-13-7-3-1-4-8-13)18(22)16(20-24)12-14-9-5-2-6-10-14/h1-10,15-16,19-20,23-24H,11-12H2. The van der Waals surface area contributed by atoms with Crippen LogP contribution in [0.1, 0.15) is 11.1 Å². The maximum absolute atomic E-state index is 12.3. The number of Topliss-reactive ketones (excluding diaryl/α,β-unsaturated/α-hetero) is 2. The average Bonchev–Trinajstić information content (AvgIpc) is 2.64. The normalized spacial score (nSPS) is 13.2. The number of carbonyl (C=O) groups excluding carboxylic acids is 2. The Labute approximate surface area is 140 Å². The molecule has 0 bridgehead atoms. The van der Waals surface area contributed by atoms with Crippen LogP contribution in [0.4, 0.5) is 0 Å². The number of nitrogens with one attached hydrogen (secondary N) is 2. The van der Waals surface area contributed by atoms with Crippen LogP contribution in [0.15, 0.2) is 60.7 Å². The summed E-state index contributed by atoms with van der Waals surface area (Å²) in [7, 11) is 0. The van der Waals surface area contributed by atoms with E-state index < -0.39 is 23.7 Å². The zero-order valence-electron chi connectivity index (χ0n) is 13.1. The summed E-state index contributed by atoms with van der Waals surface area (Å²) in [6.07, 6.45) is 0.344. The van der Waals surface area contributed by atoms with Crippen molar-refractivity contribution in [1.82, 2.24) is 11.0 Å². The van der Waals surface area contributed by atoms with E-state index in [1.807, 2.05) is 47.4 Å². The van der Waals surface area contributed by atoms with Gasteiger partial charge in [0.15, 0.2) is 0 Å². The first kappa shape index (κ1) is 18.0. The second-order valence-corrected chi connectivity index (χ2v) is 5.47. The van der Waals surface area contributed by atoms with Gasteiger partial charge in [-0.25, -0.2) is 0 Å². The van der Waals surface area contributed by atoms with Crippen LogP contribution in [0.2, 0.25) is 0 Å². The van der Waals surface area contributed by atoms with Gasteiger partial charge in [-0.3, -0.25) is 9.59 Å².